The van der Waals surface area contributed by atoms with Crippen molar-refractivity contribution in [2.24, 2.45) is 0 Å². The van der Waals surface area contributed by atoms with Gasteiger partial charge in [-0.2, -0.15) is 0 Å². The largest absolute Gasteiger partial charge is 0.317 e. The summed E-state index contributed by atoms with van der Waals surface area (Å²) in [7, 11) is 4.49. The minimum atomic E-state index is 0.449. The van der Waals surface area contributed by atoms with Gasteiger partial charge in [0.15, 0.2) is 0 Å². The first-order valence-corrected chi connectivity index (χ1v) is 6.84. The number of hydrogen-bond acceptors (Lipinski definition) is 3. The Kier molecular flexibility index (Phi) is 4.22. The third-order valence-electron chi connectivity index (χ3n) is 4.54. The lowest BCUT2D eigenvalue weighted by molar-refractivity contribution is 0.146. The van der Waals surface area contributed by atoms with Crippen LogP contribution in [0.5, 0.6) is 0 Å². The van der Waals surface area contributed by atoms with Gasteiger partial charge in [0, 0.05) is 18.1 Å². The molecule has 2 fully saturated rings. The molecule has 0 spiro atoms. The smallest absolute Gasteiger partial charge is 0.0327 e. The molecule has 94 valence electrons. The van der Waals surface area contributed by atoms with E-state index in [0.717, 1.165) is 6.04 Å². The Labute approximate surface area is 100.0 Å². The molecule has 1 saturated heterocycles. The predicted molar refractivity (Wildman–Crippen MR) is 68.8 cm³/mol. The zero-order valence-electron chi connectivity index (χ0n) is 10.9. The SMILES string of the molecule is CN(C)C1(CNC2CCNCC2)CCCC1. The van der Waals surface area contributed by atoms with E-state index in [2.05, 4.69) is 29.6 Å². The van der Waals surface area contributed by atoms with Crippen LogP contribution in [0.4, 0.5) is 0 Å². The van der Waals surface area contributed by atoms with Crippen LogP contribution in [0, 0.1) is 0 Å². The van der Waals surface area contributed by atoms with Gasteiger partial charge in [-0.3, -0.25) is 0 Å². The Morgan fingerprint density at radius 3 is 2.38 bits per heavy atom. The zero-order valence-corrected chi connectivity index (χ0v) is 10.9. The fourth-order valence-electron chi connectivity index (χ4n) is 3.18. The Balaban J connectivity index is 1.81. The second kappa shape index (κ2) is 5.48. The summed E-state index contributed by atoms with van der Waals surface area (Å²) in [4.78, 5) is 2.45. The zero-order chi connectivity index (χ0) is 11.4. The summed E-state index contributed by atoms with van der Waals surface area (Å²) < 4.78 is 0. The van der Waals surface area contributed by atoms with Crippen molar-refractivity contribution in [3.05, 3.63) is 0 Å². The highest BCUT2D eigenvalue weighted by molar-refractivity contribution is 4.95. The molecule has 1 heterocycles. The molecule has 1 aliphatic heterocycles. The third-order valence-corrected chi connectivity index (χ3v) is 4.54. The molecule has 0 amide bonds. The number of nitrogens with one attached hydrogen (secondary N) is 2. The van der Waals surface area contributed by atoms with Crippen molar-refractivity contribution in [2.45, 2.75) is 50.1 Å². The van der Waals surface area contributed by atoms with Gasteiger partial charge in [-0.25, -0.2) is 0 Å². The molecule has 0 aromatic rings. The number of rotatable bonds is 4. The Morgan fingerprint density at radius 1 is 1.19 bits per heavy atom. The van der Waals surface area contributed by atoms with Crippen molar-refractivity contribution in [3.63, 3.8) is 0 Å². The van der Waals surface area contributed by atoms with Crippen LogP contribution in [0.1, 0.15) is 38.5 Å². The Morgan fingerprint density at radius 2 is 1.81 bits per heavy atom. The van der Waals surface area contributed by atoms with Crippen molar-refractivity contribution < 1.29 is 0 Å². The van der Waals surface area contributed by atoms with E-state index in [4.69, 9.17) is 0 Å². The summed E-state index contributed by atoms with van der Waals surface area (Å²) in [5, 5.41) is 7.23. The van der Waals surface area contributed by atoms with E-state index in [-0.39, 0.29) is 0 Å². The number of hydrogen-bond donors (Lipinski definition) is 2. The highest BCUT2D eigenvalue weighted by Crippen LogP contribution is 2.33. The van der Waals surface area contributed by atoms with Crippen LogP contribution in [-0.2, 0) is 0 Å². The second-order valence-corrected chi connectivity index (χ2v) is 5.73. The molecule has 0 aromatic heterocycles. The van der Waals surface area contributed by atoms with Gasteiger partial charge in [0.2, 0.25) is 0 Å². The molecule has 16 heavy (non-hydrogen) atoms. The van der Waals surface area contributed by atoms with Crippen molar-refractivity contribution >= 4 is 0 Å². The molecule has 1 aliphatic carbocycles. The molecule has 0 unspecified atom stereocenters. The standard InChI is InChI=1S/C13H27N3/c1-16(2)13(7-3-4-8-13)11-15-12-5-9-14-10-6-12/h12,14-15H,3-11H2,1-2H3. The van der Waals surface area contributed by atoms with Gasteiger partial charge in [-0.15, -0.1) is 0 Å². The molecular formula is C13H27N3. The van der Waals surface area contributed by atoms with E-state index in [0.29, 0.717) is 5.54 Å². The lowest BCUT2D eigenvalue weighted by Gasteiger charge is -2.38. The normalized spacial score (nSPS) is 26.4. The van der Waals surface area contributed by atoms with Gasteiger partial charge in [-0.1, -0.05) is 12.8 Å². The molecule has 2 rings (SSSR count). The van der Waals surface area contributed by atoms with Crippen molar-refractivity contribution in [2.75, 3.05) is 33.7 Å². The number of likely N-dealkylation sites (N-methyl/N-ethyl adjacent to an activating group) is 1. The lowest BCUT2D eigenvalue weighted by atomic mass is 9.94. The second-order valence-electron chi connectivity index (χ2n) is 5.73. The minimum Gasteiger partial charge on any atom is -0.317 e. The van der Waals surface area contributed by atoms with Gasteiger partial charge in [0.25, 0.3) is 0 Å². The maximum Gasteiger partial charge on any atom is 0.0327 e. The molecule has 0 bridgehead atoms. The van der Waals surface area contributed by atoms with Crippen molar-refractivity contribution in [1.82, 2.24) is 15.5 Å². The number of piperidine rings is 1. The van der Waals surface area contributed by atoms with Crippen molar-refractivity contribution in [1.29, 1.82) is 0 Å². The first-order valence-electron chi connectivity index (χ1n) is 6.84. The van der Waals surface area contributed by atoms with Crippen LogP contribution in [-0.4, -0.2) is 50.2 Å². The average molecular weight is 225 g/mol. The van der Waals surface area contributed by atoms with E-state index in [1.807, 2.05) is 0 Å². The van der Waals surface area contributed by atoms with E-state index >= 15 is 0 Å². The summed E-state index contributed by atoms with van der Waals surface area (Å²) >= 11 is 0. The van der Waals surface area contributed by atoms with Gasteiger partial charge in [-0.05, 0) is 52.9 Å². The van der Waals surface area contributed by atoms with Crippen LogP contribution in [0.15, 0.2) is 0 Å². The Bertz CT molecular complexity index is 203. The molecule has 0 aromatic carbocycles. The van der Waals surface area contributed by atoms with E-state index in [1.165, 1.54) is 58.2 Å². The Hall–Kier alpha value is -0.120. The maximum atomic E-state index is 3.80. The van der Waals surface area contributed by atoms with Crippen LogP contribution in [0.3, 0.4) is 0 Å². The summed E-state index contributed by atoms with van der Waals surface area (Å²) in [5.41, 5.74) is 0.449. The fraction of sp³-hybridized carbons (Fsp3) is 1.00. The highest BCUT2D eigenvalue weighted by Gasteiger charge is 2.36. The average Bonchev–Trinajstić information content (AvgIpc) is 2.78. The number of nitrogens with zero attached hydrogens (tertiary/aromatic N) is 1. The van der Waals surface area contributed by atoms with E-state index in [1.54, 1.807) is 0 Å². The van der Waals surface area contributed by atoms with Crippen LogP contribution in [0.2, 0.25) is 0 Å². The molecule has 2 N–H and O–H groups in total. The molecule has 1 saturated carbocycles. The lowest BCUT2D eigenvalue weighted by Crippen LogP contribution is -2.53. The van der Waals surface area contributed by atoms with E-state index in [9.17, 15) is 0 Å². The maximum absolute atomic E-state index is 3.80. The predicted octanol–water partition coefficient (Wildman–Crippen LogP) is 1.20. The minimum absolute atomic E-state index is 0.449. The van der Waals surface area contributed by atoms with Gasteiger partial charge in [0.1, 0.15) is 0 Å². The van der Waals surface area contributed by atoms with Crippen LogP contribution in [0.25, 0.3) is 0 Å². The van der Waals surface area contributed by atoms with Gasteiger partial charge in [0.05, 0.1) is 0 Å². The van der Waals surface area contributed by atoms with Crippen molar-refractivity contribution in [3.8, 4) is 0 Å². The summed E-state index contributed by atoms with van der Waals surface area (Å²) in [6.07, 6.45) is 8.15. The topological polar surface area (TPSA) is 27.3 Å². The first kappa shape index (κ1) is 12.3. The van der Waals surface area contributed by atoms with Crippen LogP contribution < -0.4 is 10.6 Å². The highest BCUT2D eigenvalue weighted by atomic mass is 15.2. The molecule has 3 heteroatoms. The third kappa shape index (κ3) is 2.76. The van der Waals surface area contributed by atoms with Gasteiger partial charge < -0.3 is 15.5 Å². The summed E-state index contributed by atoms with van der Waals surface area (Å²) in [6.45, 7) is 3.56. The molecular weight excluding hydrogens is 198 g/mol. The molecule has 0 radical (unpaired) electrons. The molecule has 0 atom stereocenters. The molecule has 3 nitrogen and oxygen atoms in total. The summed E-state index contributed by atoms with van der Waals surface area (Å²) in [6, 6.07) is 0.749. The van der Waals surface area contributed by atoms with Gasteiger partial charge >= 0.3 is 0 Å². The first-order chi connectivity index (χ1) is 7.73. The monoisotopic (exact) mass is 225 g/mol. The van der Waals surface area contributed by atoms with Crippen LogP contribution >= 0.6 is 0 Å². The summed E-state index contributed by atoms with van der Waals surface area (Å²) in [5.74, 6) is 0. The van der Waals surface area contributed by atoms with E-state index < -0.39 is 0 Å². The fourth-order valence-corrected chi connectivity index (χ4v) is 3.18. The quantitative estimate of drug-likeness (QED) is 0.753. The molecule has 2 aliphatic rings.